The molecule has 1 atom stereocenters. The van der Waals surface area contributed by atoms with E-state index in [1.807, 2.05) is 44.2 Å². The summed E-state index contributed by atoms with van der Waals surface area (Å²) in [5.74, 6) is 1.54. The molecule has 0 aliphatic carbocycles. The van der Waals surface area contributed by atoms with Gasteiger partial charge >= 0.3 is 0 Å². The standard InChI is InChI=1S/C16H20N2O2/c1-4-20-15-9-13(10-18-11-15)16(2,17)12-5-7-14(19-3)8-6-12/h5-11H,4,17H2,1-3H3. The largest absolute Gasteiger partial charge is 0.497 e. The molecule has 0 fully saturated rings. The van der Waals surface area contributed by atoms with Crippen molar-refractivity contribution < 1.29 is 9.47 Å². The lowest BCUT2D eigenvalue weighted by Crippen LogP contribution is -2.34. The van der Waals surface area contributed by atoms with E-state index in [2.05, 4.69) is 4.98 Å². The first-order valence-corrected chi connectivity index (χ1v) is 6.59. The lowest BCUT2D eigenvalue weighted by molar-refractivity contribution is 0.337. The van der Waals surface area contributed by atoms with Crippen molar-refractivity contribution in [3.05, 3.63) is 53.9 Å². The van der Waals surface area contributed by atoms with Crippen molar-refractivity contribution in [3.63, 3.8) is 0 Å². The monoisotopic (exact) mass is 272 g/mol. The van der Waals surface area contributed by atoms with Crippen LogP contribution in [0.3, 0.4) is 0 Å². The van der Waals surface area contributed by atoms with Crippen molar-refractivity contribution in [1.82, 2.24) is 4.98 Å². The zero-order chi connectivity index (χ0) is 14.6. The van der Waals surface area contributed by atoms with Gasteiger partial charge in [-0.3, -0.25) is 4.98 Å². The third-order valence-electron chi connectivity index (χ3n) is 3.31. The molecule has 0 saturated heterocycles. The van der Waals surface area contributed by atoms with Gasteiger partial charge in [-0.15, -0.1) is 0 Å². The van der Waals surface area contributed by atoms with Crippen molar-refractivity contribution in [2.75, 3.05) is 13.7 Å². The summed E-state index contributed by atoms with van der Waals surface area (Å²) in [6.07, 6.45) is 3.46. The number of pyridine rings is 1. The summed E-state index contributed by atoms with van der Waals surface area (Å²) in [5.41, 5.74) is 7.75. The highest BCUT2D eigenvalue weighted by atomic mass is 16.5. The topological polar surface area (TPSA) is 57.4 Å². The van der Waals surface area contributed by atoms with Crippen LogP contribution in [0.15, 0.2) is 42.7 Å². The molecule has 1 aromatic carbocycles. The van der Waals surface area contributed by atoms with Gasteiger partial charge in [0, 0.05) is 6.20 Å². The third kappa shape index (κ3) is 2.91. The third-order valence-corrected chi connectivity index (χ3v) is 3.31. The van der Waals surface area contributed by atoms with Crippen molar-refractivity contribution in [2.45, 2.75) is 19.4 Å². The number of hydrogen-bond donors (Lipinski definition) is 1. The van der Waals surface area contributed by atoms with Crippen LogP contribution in [0.25, 0.3) is 0 Å². The lowest BCUT2D eigenvalue weighted by Gasteiger charge is -2.26. The van der Waals surface area contributed by atoms with Crippen LogP contribution >= 0.6 is 0 Å². The summed E-state index contributed by atoms with van der Waals surface area (Å²) in [7, 11) is 1.64. The van der Waals surface area contributed by atoms with Crippen molar-refractivity contribution in [1.29, 1.82) is 0 Å². The average molecular weight is 272 g/mol. The molecule has 2 N–H and O–H groups in total. The minimum Gasteiger partial charge on any atom is -0.497 e. The minimum absolute atomic E-state index is 0.606. The van der Waals surface area contributed by atoms with Gasteiger partial charge in [-0.1, -0.05) is 12.1 Å². The predicted octanol–water partition coefficient (Wildman–Crippen LogP) is 2.71. The molecule has 0 aliphatic heterocycles. The first kappa shape index (κ1) is 14.3. The molecule has 106 valence electrons. The fourth-order valence-corrected chi connectivity index (χ4v) is 2.05. The maximum Gasteiger partial charge on any atom is 0.137 e. The second kappa shape index (κ2) is 5.92. The highest BCUT2D eigenvalue weighted by molar-refractivity contribution is 5.40. The fraction of sp³-hybridized carbons (Fsp3) is 0.312. The van der Waals surface area contributed by atoms with E-state index in [9.17, 15) is 0 Å². The molecule has 0 radical (unpaired) electrons. The molecule has 1 heterocycles. The zero-order valence-corrected chi connectivity index (χ0v) is 12.1. The van der Waals surface area contributed by atoms with Gasteiger partial charge in [0.25, 0.3) is 0 Å². The Hall–Kier alpha value is -2.07. The summed E-state index contributed by atoms with van der Waals surface area (Å²) in [6, 6.07) is 9.67. The highest BCUT2D eigenvalue weighted by Crippen LogP contribution is 2.29. The Bertz CT molecular complexity index is 565. The van der Waals surface area contributed by atoms with Gasteiger partial charge in [-0.05, 0) is 43.2 Å². The summed E-state index contributed by atoms with van der Waals surface area (Å²) < 4.78 is 10.6. The van der Waals surface area contributed by atoms with Crippen LogP contribution in [0, 0.1) is 0 Å². The molecule has 1 unspecified atom stereocenters. The second-order valence-corrected chi connectivity index (χ2v) is 4.77. The van der Waals surface area contributed by atoms with Crippen molar-refractivity contribution in [2.24, 2.45) is 5.73 Å². The summed E-state index contributed by atoms with van der Waals surface area (Å²) in [6.45, 7) is 4.51. The maximum absolute atomic E-state index is 6.48. The first-order chi connectivity index (χ1) is 9.57. The molecule has 0 bridgehead atoms. The van der Waals surface area contributed by atoms with Crippen LogP contribution in [-0.2, 0) is 5.54 Å². The molecule has 20 heavy (non-hydrogen) atoms. The number of hydrogen-bond acceptors (Lipinski definition) is 4. The Kier molecular flexibility index (Phi) is 4.25. The minimum atomic E-state index is -0.633. The summed E-state index contributed by atoms with van der Waals surface area (Å²) in [5, 5.41) is 0. The molecular formula is C16H20N2O2. The number of ether oxygens (including phenoxy) is 2. The fourth-order valence-electron chi connectivity index (χ4n) is 2.05. The van der Waals surface area contributed by atoms with Gasteiger partial charge in [0.15, 0.2) is 0 Å². The molecular weight excluding hydrogens is 252 g/mol. The smallest absolute Gasteiger partial charge is 0.137 e. The zero-order valence-electron chi connectivity index (χ0n) is 12.1. The Morgan fingerprint density at radius 2 is 1.80 bits per heavy atom. The van der Waals surface area contributed by atoms with Crippen LogP contribution in [-0.4, -0.2) is 18.7 Å². The number of nitrogens with two attached hydrogens (primary N) is 1. The molecule has 4 heteroatoms. The molecule has 0 saturated carbocycles. The van der Waals surface area contributed by atoms with E-state index in [4.69, 9.17) is 15.2 Å². The number of benzene rings is 1. The Morgan fingerprint density at radius 1 is 1.10 bits per heavy atom. The molecule has 1 aromatic heterocycles. The quantitative estimate of drug-likeness (QED) is 0.909. The molecule has 2 rings (SSSR count). The Balaban J connectivity index is 2.34. The van der Waals surface area contributed by atoms with E-state index >= 15 is 0 Å². The number of rotatable bonds is 5. The van der Waals surface area contributed by atoms with E-state index < -0.39 is 5.54 Å². The maximum atomic E-state index is 6.48. The second-order valence-electron chi connectivity index (χ2n) is 4.77. The van der Waals surface area contributed by atoms with Crippen LogP contribution in [0.1, 0.15) is 25.0 Å². The van der Waals surface area contributed by atoms with Crippen molar-refractivity contribution >= 4 is 0 Å². The van der Waals surface area contributed by atoms with Crippen LogP contribution < -0.4 is 15.2 Å². The number of aromatic nitrogens is 1. The lowest BCUT2D eigenvalue weighted by atomic mass is 9.86. The average Bonchev–Trinajstić information content (AvgIpc) is 2.48. The van der Waals surface area contributed by atoms with Crippen LogP contribution in [0.5, 0.6) is 11.5 Å². The van der Waals surface area contributed by atoms with E-state index in [-0.39, 0.29) is 0 Å². The van der Waals surface area contributed by atoms with Crippen LogP contribution in [0.4, 0.5) is 0 Å². The SMILES string of the molecule is CCOc1cncc(C(C)(N)c2ccc(OC)cc2)c1. The first-order valence-electron chi connectivity index (χ1n) is 6.59. The normalized spacial score (nSPS) is 13.6. The Morgan fingerprint density at radius 3 is 2.40 bits per heavy atom. The number of nitrogens with zero attached hydrogens (tertiary/aromatic N) is 1. The van der Waals surface area contributed by atoms with Crippen molar-refractivity contribution in [3.8, 4) is 11.5 Å². The van der Waals surface area contributed by atoms with Gasteiger partial charge in [0.2, 0.25) is 0 Å². The summed E-state index contributed by atoms with van der Waals surface area (Å²) in [4.78, 5) is 4.20. The van der Waals surface area contributed by atoms with Gasteiger partial charge in [-0.25, -0.2) is 0 Å². The molecule has 4 nitrogen and oxygen atoms in total. The van der Waals surface area contributed by atoms with E-state index in [1.165, 1.54) is 0 Å². The van der Waals surface area contributed by atoms with Gasteiger partial charge in [-0.2, -0.15) is 0 Å². The highest BCUT2D eigenvalue weighted by Gasteiger charge is 2.24. The summed E-state index contributed by atoms with van der Waals surface area (Å²) >= 11 is 0. The van der Waals surface area contributed by atoms with E-state index in [0.717, 1.165) is 22.6 Å². The van der Waals surface area contributed by atoms with Crippen LogP contribution in [0.2, 0.25) is 0 Å². The van der Waals surface area contributed by atoms with Gasteiger partial charge < -0.3 is 15.2 Å². The molecule has 0 spiro atoms. The van der Waals surface area contributed by atoms with Gasteiger partial charge in [0.1, 0.15) is 11.5 Å². The molecule has 0 aliphatic rings. The molecule has 2 aromatic rings. The van der Waals surface area contributed by atoms with Gasteiger partial charge in [0.05, 0.1) is 25.5 Å². The Labute approximate surface area is 119 Å². The predicted molar refractivity (Wildman–Crippen MR) is 79.0 cm³/mol. The number of methoxy groups -OCH3 is 1. The molecule has 0 amide bonds. The van der Waals surface area contributed by atoms with E-state index in [1.54, 1.807) is 19.5 Å². The van der Waals surface area contributed by atoms with E-state index in [0.29, 0.717) is 6.61 Å².